The number of hydrogen-bond donors (Lipinski definition) is 1. The molecule has 2 heterocycles. The van der Waals surface area contributed by atoms with Crippen molar-refractivity contribution in [2.45, 2.75) is 12.8 Å². The molecule has 1 aliphatic carbocycles. The van der Waals surface area contributed by atoms with Crippen LogP contribution in [0.2, 0.25) is 5.15 Å². The van der Waals surface area contributed by atoms with E-state index >= 15 is 0 Å². The normalized spacial score (nSPS) is 15.2. The van der Waals surface area contributed by atoms with Crippen LogP contribution in [0.4, 0.5) is 5.82 Å². The van der Waals surface area contributed by atoms with Crippen LogP contribution in [-0.4, -0.2) is 39.3 Å². The topological polar surface area (TPSA) is 64.3 Å². The fourth-order valence-corrected chi connectivity index (χ4v) is 1.87. The van der Waals surface area contributed by atoms with Gasteiger partial charge in [0.15, 0.2) is 0 Å². The number of halogens is 1. The molecule has 18 heavy (non-hydrogen) atoms. The van der Waals surface area contributed by atoms with Crippen LogP contribution in [0.25, 0.3) is 5.78 Å². The van der Waals surface area contributed by atoms with Gasteiger partial charge >= 0.3 is 0 Å². The first kappa shape index (κ1) is 11.7. The van der Waals surface area contributed by atoms with Gasteiger partial charge in [-0.1, -0.05) is 11.6 Å². The summed E-state index contributed by atoms with van der Waals surface area (Å²) in [5.41, 5.74) is 0. The molecule has 0 saturated heterocycles. The highest BCUT2D eigenvalue weighted by molar-refractivity contribution is 6.29. The van der Waals surface area contributed by atoms with Crippen LogP contribution in [0.5, 0.6) is 0 Å². The van der Waals surface area contributed by atoms with E-state index < -0.39 is 0 Å². The lowest BCUT2D eigenvalue weighted by molar-refractivity contribution is 0.134. The predicted molar refractivity (Wildman–Crippen MR) is 67.8 cm³/mol. The minimum Gasteiger partial charge on any atom is -0.379 e. The van der Waals surface area contributed by atoms with Crippen molar-refractivity contribution in [3.05, 3.63) is 17.5 Å². The number of hydrogen-bond acceptors (Lipinski definition) is 5. The Bertz CT molecular complexity index is 539. The fourth-order valence-electron chi connectivity index (χ4n) is 1.70. The summed E-state index contributed by atoms with van der Waals surface area (Å²) in [5.74, 6) is 2.06. The van der Waals surface area contributed by atoms with Gasteiger partial charge in [-0.05, 0) is 18.8 Å². The van der Waals surface area contributed by atoms with Gasteiger partial charge in [0.2, 0.25) is 0 Å². The summed E-state index contributed by atoms with van der Waals surface area (Å²) in [5, 5.41) is 7.70. The third-order valence-corrected chi connectivity index (χ3v) is 3.02. The summed E-state index contributed by atoms with van der Waals surface area (Å²) in [6.07, 6.45) is 4.08. The lowest BCUT2D eigenvalue weighted by Crippen LogP contribution is -2.13. The number of nitrogens with one attached hydrogen (secondary N) is 1. The van der Waals surface area contributed by atoms with Crippen molar-refractivity contribution >= 4 is 23.2 Å². The van der Waals surface area contributed by atoms with Crippen molar-refractivity contribution in [2.24, 2.45) is 5.92 Å². The molecule has 1 N–H and O–H groups in total. The maximum Gasteiger partial charge on any atom is 0.255 e. The fraction of sp³-hybridized carbons (Fsp3) is 0.545. The molecular formula is C11H14ClN5O. The molecule has 2 aromatic heterocycles. The average Bonchev–Trinajstić information content (AvgIpc) is 3.05. The summed E-state index contributed by atoms with van der Waals surface area (Å²) in [4.78, 5) is 8.06. The van der Waals surface area contributed by atoms with Crippen molar-refractivity contribution in [3.8, 4) is 0 Å². The zero-order valence-corrected chi connectivity index (χ0v) is 10.6. The second-order valence-corrected chi connectivity index (χ2v) is 4.77. The Morgan fingerprint density at radius 1 is 1.50 bits per heavy atom. The largest absolute Gasteiger partial charge is 0.379 e. The number of anilines is 1. The van der Waals surface area contributed by atoms with Crippen LogP contribution >= 0.6 is 11.6 Å². The van der Waals surface area contributed by atoms with Gasteiger partial charge in [-0.3, -0.25) is 0 Å². The number of aromatic nitrogens is 4. The second kappa shape index (κ2) is 5.07. The zero-order chi connectivity index (χ0) is 12.4. The van der Waals surface area contributed by atoms with E-state index in [1.54, 1.807) is 10.6 Å². The van der Waals surface area contributed by atoms with E-state index in [0.29, 0.717) is 24.1 Å². The minimum atomic E-state index is 0.400. The average molecular weight is 268 g/mol. The van der Waals surface area contributed by atoms with Crippen molar-refractivity contribution in [1.82, 2.24) is 19.6 Å². The monoisotopic (exact) mass is 267 g/mol. The molecule has 0 amide bonds. The summed E-state index contributed by atoms with van der Waals surface area (Å²) in [6.45, 7) is 2.26. The third kappa shape index (κ3) is 2.70. The summed E-state index contributed by atoms with van der Waals surface area (Å²) in [6, 6.07) is 1.73. The van der Waals surface area contributed by atoms with E-state index in [0.717, 1.165) is 18.3 Å². The highest BCUT2D eigenvalue weighted by Gasteiger charge is 2.20. The molecule has 0 bridgehead atoms. The van der Waals surface area contributed by atoms with Gasteiger partial charge in [0.1, 0.15) is 17.3 Å². The van der Waals surface area contributed by atoms with Crippen LogP contribution in [0.15, 0.2) is 12.4 Å². The summed E-state index contributed by atoms with van der Waals surface area (Å²) >= 11 is 5.91. The maximum atomic E-state index is 5.91. The van der Waals surface area contributed by atoms with Gasteiger partial charge in [-0.25, -0.2) is 0 Å². The molecule has 0 radical (unpaired) electrons. The van der Waals surface area contributed by atoms with Crippen LogP contribution in [-0.2, 0) is 4.74 Å². The van der Waals surface area contributed by atoms with Gasteiger partial charge < -0.3 is 10.1 Å². The summed E-state index contributed by atoms with van der Waals surface area (Å²) in [7, 11) is 0. The Kier molecular flexibility index (Phi) is 3.29. The van der Waals surface area contributed by atoms with Crippen molar-refractivity contribution < 1.29 is 4.74 Å². The van der Waals surface area contributed by atoms with E-state index in [4.69, 9.17) is 16.3 Å². The van der Waals surface area contributed by atoms with Gasteiger partial charge in [0.25, 0.3) is 5.78 Å². The molecule has 1 saturated carbocycles. The van der Waals surface area contributed by atoms with E-state index in [9.17, 15) is 0 Å². The maximum absolute atomic E-state index is 5.91. The Hall–Kier alpha value is -1.40. The van der Waals surface area contributed by atoms with E-state index in [1.807, 2.05) is 0 Å². The molecule has 0 spiro atoms. The Balaban J connectivity index is 1.57. The minimum absolute atomic E-state index is 0.400. The molecule has 0 aromatic carbocycles. The first-order valence-electron chi connectivity index (χ1n) is 6.01. The Morgan fingerprint density at radius 3 is 3.22 bits per heavy atom. The van der Waals surface area contributed by atoms with Gasteiger partial charge in [-0.2, -0.15) is 19.6 Å². The molecule has 7 heteroatoms. The second-order valence-electron chi connectivity index (χ2n) is 4.38. The molecule has 3 rings (SSSR count). The van der Waals surface area contributed by atoms with Crippen LogP contribution in [0, 0.1) is 5.92 Å². The Labute approximate surface area is 109 Å². The van der Waals surface area contributed by atoms with Crippen LogP contribution in [0.1, 0.15) is 12.8 Å². The van der Waals surface area contributed by atoms with Crippen molar-refractivity contribution in [3.63, 3.8) is 0 Å². The zero-order valence-electron chi connectivity index (χ0n) is 9.84. The highest BCUT2D eigenvalue weighted by atomic mass is 35.5. The van der Waals surface area contributed by atoms with E-state index in [2.05, 4.69) is 20.4 Å². The van der Waals surface area contributed by atoms with Crippen LogP contribution < -0.4 is 5.32 Å². The Morgan fingerprint density at radius 2 is 2.39 bits per heavy atom. The summed E-state index contributed by atoms with van der Waals surface area (Å²) < 4.78 is 7.16. The van der Waals surface area contributed by atoms with Gasteiger partial charge in [0, 0.05) is 19.2 Å². The number of nitrogens with zero attached hydrogens (tertiary/aromatic N) is 4. The first-order chi connectivity index (χ1) is 8.83. The molecule has 0 aliphatic heterocycles. The quantitative estimate of drug-likeness (QED) is 0.636. The third-order valence-electron chi connectivity index (χ3n) is 2.82. The molecular weight excluding hydrogens is 254 g/mol. The molecule has 1 aliphatic rings. The lowest BCUT2D eigenvalue weighted by atomic mass is 10.5. The van der Waals surface area contributed by atoms with Gasteiger partial charge in [-0.15, -0.1) is 0 Å². The molecule has 6 nitrogen and oxygen atoms in total. The molecule has 1 fully saturated rings. The number of ether oxygens (including phenoxy) is 1. The lowest BCUT2D eigenvalue weighted by Gasteiger charge is -2.08. The number of rotatable bonds is 6. The first-order valence-corrected chi connectivity index (χ1v) is 6.38. The molecule has 2 aromatic rings. The molecule has 0 unspecified atom stereocenters. The van der Waals surface area contributed by atoms with Crippen molar-refractivity contribution in [2.75, 3.05) is 25.1 Å². The standard InChI is InChI=1S/C11H14ClN5O/c12-9-5-10(17-11(16-9)14-7-15-17)13-3-4-18-6-8-1-2-8/h5,7-8,13H,1-4,6H2. The molecule has 0 atom stereocenters. The van der Waals surface area contributed by atoms with E-state index in [1.165, 1.54) is 19.2 Å². The van der Waals surface area contributed by atoms with E-state index in [-0.39, 0.29) is 0 Å². The number of fused-ring (bicyclic) bond motifs is 1. The highest BCUT2D eigenvalue weighted by Crippen LogP contribution is 2.28. The van der Waals surface area contributed by atoms with Crippen molar-refractivity contribution in [1.29, 1.82) is 0 Å². The van der Waals surface area contributed by atoms with Gasteiger partial charge in [0.05, 0.1) is 6.61 Å². The predicted octanol–water partition coefficient (Wildman–Crippen LogP) is 1.62. The van der Waals surface area contributed by atoms with Crippen LogP contribution in [0.3, 0.4) is 0 Å². The smallest absolute Gasteiger partial charge is 0.255 e. The SMILES string of the molecule is Clc1cc(NCCOCC2CC2)n2ncnc2n1. The molecule has 96 valence electrons.